The number of aromatic nitrogens is 2. The smallest absolute Gasteiger partial charge is 0.266 e. The van der Waals surface area contributed by atoms with Crippen molar-refractivity contribution >= 4 is 5.91 Å². The normalized spacial score (nSPS) is 24.9. The zero-order chi connectivity index (χ0) is 19.9. The lowest BCUT2D eigenvalue weighted by molar-refractivity contribution is -0.133. The Bertz CT molecular complexity index is 772. The Morgan fingerprint density at radius 2 is 1.68 bits per heavy atom. The van der Waals surface area contributed by atoms with Crippen molar-refractivity contribution in [2.24, 2.45) is 0 Å². The Hall–Kier alpha value is -1.73. The first kappa shape index (κ1) is 19.6. The molecule has 0 radical (unpaired) electrons. The number of hydrogen-bond acceptors (Lipinski definition) is 5. The first-order valence-electron chi connectivity index (χ1n) is 10.7. The van der Waals surface area contributed by atoms with Crippen LogP contribution in [0.5, 0.6) is 0 Å². The monoisotopic (exact) mass is 387 g/mol. The third-order valence-corrected chi connectivity index (χ3v) is 6.31. The molecule has 7 heteroatoms. The van der Waals surface area contributed by atoms with Gasteiger partial charge in [0.2, 0.25) is 5.91 Å². The molecule has 0 N–H and O–H groups in total. The average molecular weight is 388 g/mol. The topological polar surface area (TPSA) is 61.7 Å². The minimum atomic E-state index is -0.0662. The zero-order valence-electron chi connectivity index (χ0n) is 17.4. The molecule has 1 aromatic rings. The van der Waals surface area contributed by atoms with Crippen LogP contribution in [0.1, 0.15) is 45.7 Å². The van der Waals surface area contributed by atoms with E-state index in [1.807, 2.05) is 6.07 Å². The summed E-state index contributed by atoms with van der Waals surface area (Å²) in [6, 6.07) is 4.09. The van der Waals surface area contributed by atoms with Crippen LogP contribution in [-0.2, 0) is 16.8 Å². The highest BCUT2D eigenvalue weighted by Gasteiger charge is 2.43. The number of hydrogen-bond donors (Lipinski definition) is 0. The van der Waals surface area contributed by atoms with Gasteiger partial charge in [-0.15, -0.1) is 0 Å². The number of rotatable bonds is 5. The largest absolute Gasteiger partial charge is 0.338 e. The Morgan fingerprint density at radius 3 is 2.32 bits per heavy atom. The van der Waals surface area contributed by atoms with Crippen LogP contribution in [0.4, 0.5) is 0 Å². The van der Waals surface area contributed by atoms with E-state index in [4.69, 9.17) is 0 Å². The predicted molar refractivity (Wildman–Crippen MR) is 108 cm³/mol. The van der Waals surface area contributed by atoms with Gasteiger partial charge in [-0.25, -0.2) is 4.68 Å². The highest BCUT2D eigenvalue weighted by molar-refractivity contribution is 5.84. The zero-order valence-corrected chi connectivity index (χ0v) is 17.4. The van der Waals surface area contributed by atoms with Gasteiger partial charge in [0.25, 0.3) is 5.56 Å². The van der Waals surface area contributed by atoms with Crippen LogP contribution in [0.15, 0.2) is 16.9 Å². The summed E-state index contributed by atoms with van der Waals surface area (Å²) < 4.78 is 1.60. The van der Waals surface area contributed by atoms with E-state index in [0.29, 0.717) is 18.5 Å². The van der Waals surface area contributed by atoms with Gasteiger partial charge < -0.3 is 4.90 Å². The minimum Gasteiger partial charge on any atom is -0.338 e. The van der Waals surface area contributed by atoms with Crippen LogP contribution in [0.25, 0.3) is 0 Å². The van der Waals surface area contributed by atoms with Gasteiger partial charge in [0.1, 0.15) is 0 Å². The van der Waals surface area contributed by atoms with E-state index in [9.17, 15) is 9.59 Å². The molecule has 0 bridgehead atoms. The molecule has 7 nitrogen and oxygen atoms in total. The third-order valence-electron chi connectivity index (χ3n) is 6.31. The van der Waals surface area contributed by atoms with Crippen molar-refractivity contribution in [2.75, 3.05) is 39.3 Å². The molecule has 28 heavy (non-hydrogen) atoms. The molecule has 1 aromatic heterocycles. The van der Waals surface area contributed by atoms with E-state index < -0.39 is 0 Å². The summed E-state index contributed by atoms with van der Waals surface area (Å²) in [4.78, 5) is 31.7. The van der Waals surface area contributed by atoms with E-state index in [1.165, 1.54) is 12.8 Å². The van der Waals surface area contributed by atoms with E-state index in [1.54, 1.807) is 10.7 Å². The fourth-order valence-electron chi connectivity index (χ4n) is 4.32. The number of carbonyl (C=O) groups is 1. The van der Waals surface area contributed by atoms with Gasteiger partial charge in [-0.2, -0.15) is 5.10 Å². The van der Waals surface area contributed by atoms with E-state index in [-0.39, 0.29) is 17.0 Å². The third kappa shape index (κ3) is 4.15. The molecule has 3 aliphatic rings. The Labute approximate surface area is 167 Å². The summed E-state index contributed by atoms with van der Waals surface area (Å²) >= 11 is 0. The number of likely N-dealkylation sites (tertiary alicyclic amines) is 1. The van der Waals surface area contributed by atoms with Crippen molar-refractivity contribution in [2.45, 2.75) is 64.1 Å². The molecular formula is C21H33N5O2. The number of piperazine rings is 1. The molecule has 1 unspecified atom stereocenters. The standard InChI is InChI=1S/C21H33N5O2/c1-21(2,3)18-6-7-19(27)26(22-18)15-12-23-10-13-24(14-11-23)17-8-9-25(20(17)28)16-4-5-16/h6-7,16-17H,4-5,8-15H2,1-3H3. The van der Waals surface area contributed by atoms with Crippen molar-refractivity contribution in [1.82, 2.24) is 24.5 Å². The molecule has 1 atom stereocenters. The van der Waals surface area contributed by atoms with Crippen molar-refractivity contribution in [3.05, 3.63) is 28.2 Å². The summed E-state index contributed by atoms with van der Waals surface area (Å²) in [7, 11) is 0. The molecule has 1 aliphatic carbocycles. The molecule has 1 saturated carbocycles. The molecule has 0 aromatic carbocycles. The van der Waals surface area contributed by atoms with E-state index in [2.05, 4.69) is 40.6 Å². The van der Waals surface area contributed by atoms with Crippen LogP contribution in [0, 0.1) is 0 Å². The van der Waals surface area contributed by atoms with Gasteiger partial charge in [0.15, 0.2) is 0 Å². The van der Waals surface area contributed by atoms with Gasteiger partial charge in [-0.05, 0) is 25.3 Å². The first-order chi connectivity index (χ1) is 13.3. The maximum Gasteiger partial charge on any atom is 0.266 e. The van der Waals surface area contributed by atoms with Crippen LogP contribution >= 0.6 is 0 Å². The predicted octanol–water partition coefficient (Wildman–Crippen LogP) is 0.922. The van der Waals surface area contributed by atoms with Crippen molar-refractivity contribution in [3.63, 3.8) is 0 Å². The second-order valence-corrected chi connectivity index (χ2v) is 9.47. The van der Waals surface area contributed by atoms with E-state index >= 15 is 0 Å². The van der Waals surface area contributed by atoms with Gasteiger partial charge in [-0.1, -0.05) is 20.8 Å². The summed E-state index contributed by atoms with van der Waals surface area (Å²) in [6.45, 7) is 12.4. The second-order valence-electron chi connectivity index (χ2n) is 9.47. The van der Waals surface area contributed by atoms with Crippen molar-refractivity contribution in [1.29, 1.82) is 0 Å². The summed E-state index contributed by atoms with van der Waals surface area (Å²) in [5.74, 6) is 0.352. The molecule has 2 aliphatic heterocycles. The van der Waals surface area contributed by atoms with Gasteiger partial charge in [0, 0.05) is 56.8 Å². The molecule has 154 valence electrons. The molecule has 2 saturated heterocycles. The van der Waals surface area contributed by atoms with E-state index in [0.717, 1.165) is 51.4 Å². The van der Waals surface area contributed by atoms with Gasteiger partial charge in [-0.3, -0.25) is 19.4 Å². The molecule has 0 spiro atoms. The SMILES string of the molecule is CC(C)(C)c1ccc(=O)n(CCN2CCN(C3CCN(C4CC4)C3=O)CC2)n1. The number of amides is 1. The lowest BCUT2D eigenvalue weighted by Crippen LogP contribution is -2.53. The molecule has 4 rings (SSSR count). The lowest BCUT2D eigenvalue weighted by Gasteiger charge is -2.37. The summed E-state index contributed by atoms with van der Waals surface area (Å²) in [5, 5.41) is 4.56. The van der Waals surface area contributed by atoms with Gasteiger partial charge in [0.05, 0.1) is 18.3 Å². The first-order valence-corrected chi connectivity index (χ1v) is 10.7. The molecular weight excluding hydrogens is 354 g/mol. The molecule has 3 fully saturated rings. The van der Waals surface area contributed by atoms with Crippen LogP contribution in [0.3, 0.4) is 0 Å². The van der Waals surface area contributed by atoms with Crippen molar-refractivity contribution < 1.29 is 4.79 Å². The molecule has 3 heterocycles. The fraction of sp³-hybridized carbons (Fsp3) is 0.762. The van der Waals surface area contributed by atoms with Gasteiger partial charge >= 0.3 is 0 Å². The quantitative estimate of drug-likeness (QED) is 0.752. The number of nitrogens with zero attached hydrogens (tertiary/aromatic N) is 5. The Balaban J connectivity index is 1.28. The highest BCUT2D eigenvalue weighted by atomic mass is 16.2. The maximum absolute atomic E-state index is 12.7. The summed E-state index contributed by atoms with van der Waals surface area (Å²) in [5.41, 5.74) is 0.837. The lowest BCUT2D eigenvalue weighted by atomic mass is 9.92. The second kappa shape index (κ2) is 7.59. The number of carbonyl (C=O) groups excluding carboxylic acids is 1. The Kier molecular flexibility index (Phi) is 5.31. The molecule has 1 amide bonds. The highest BCUT2D eigenvalue weighted by Crippen LogP contribution is 2.32. The average Bonchev–Trinajstić information content (AvgIpc) is 3.43. The summed E-state index contributed by atoms with van der Waals surface area (Å²) in [6.07, 6.45) is 3.36. The van der Waals surface area contributed by atoms with Crippen molar-refractivity contribution in [3.8, 4) is 0 Å². The van der Waals surface area contributed by atoms with Crippen LogP contribution in [-0.4, -0.2) is 81.7 Å². The van der Waals surface area contributed by atoms with Crippen LogP contribution in [0.2, 0.25) is 0 Å². The maximum atomic E-state index is 12.7. The fourth-order valence-corrected chi connectivity index (χ4v) is 4.32. The minimum absolute atomic E-state index is 0.0386. The van der Waals surface area contributed by atoms with Crippen LogP contribution < -0.4 is 5.56 Å². The Morgan fingerprint density at radius 1 is 0.964 bits per heavy atom.